The van der Waals surface area contributed by atoms with Gasteiger partial charge in [0.2, 0.25) is 0 Å². The van der Waals surface area contributed by atoms with Crippen LogP contribution in [0.25, 0.3) is 0 Å². The highest BCUT2D eigenvalue weighted by atomic mass is 31.2. The van der Waals surface area contributed by atoms with Gasteiger partial charge in [-0.2, -0.15) is 5.06 Å². The van der Waals surface area contributed by atoms with Crippen molar-refractivity contribution in [2.75, 3.05) is 0 Å². The summed E-state index contributed by atoms with van der Waals surface area (Å²) < 4.78 is 15.1. The molecule has 4 heteroatoms. The maximum absolute atomic E-state index is 15.1. The third kappa shape index (κ3) is 4.47. The number of hydrogen-bond acceptors (Lipinski definition) is 3. The molecule has 4 rings (SSSR count). The molecule has 0 saturated carbocycles. The largest absolute Gasteiger partial charge is 0.313 e. The number of nitrogens with zero attached hydrogens (tertiary/aromatic N) is 1. The fourth-order valence-electron chi connectivity index (χ4n) is 4.08. The molecule has 0 bridgehead atoms. The first-order chi connectivity index (χ1) is 15.5. The van der Waals surface area contributed by atoms with E-state index >= 15 is 4.57 Å². The van der Waals surface area contributed by atoms with Gasteiger partial charge in [-0.3, -0.25) is 0 Å². The van der Waals surface area contributed by atoms with E-state index in [-0.39, 0.29) is 6.54 Å². The van der Waals surface area contributed by atoms with Crippen LogP contribution < -0.4 is 10.6 Å². The van der Waals surface area contributed by atoms with Gasteiger partial charge in [0.1, 0.15) is 5.78 Å². The minimum atomic E-state index is -3.31. The average Bonchev–Trinajstić information content (AvgIpc) is 2.83. The molecule has 1 unspecified atom stereocenters. The molecule has 0 aliphatic rings. The highest BCUT2D eigenvalue weighted by Gasteiger charge is 2.41. The molecule has 0 aliphatic heterocycles. The fourth-order valence-corrected chi connectivity index (χ4v) is 7.21. The van der Waals surface area contributed by atoms with E-state index in [9.17, 15) is 5.21 Å². The van der Waals surface area contributed by atoms with Gasteiger partial charge in [-0.25, -0.2) is 0 Å². The monoisotopic (exact) mass is 441 g/mol. The molecule has 4 aromatic carbocycles. The van der Waals surface area contributed by atoms with Crippen molar-refractivity contribution in [1.82, 2.24) is 5.06 Å². The SMILES string of the molecule is Cc1ccc(C(N(O)Cc2ccccc2)P(=O)(c2ccccc2)c2ccccc2)cc1C. The Morgan fingerprint density at radius 1 is 0.719 bits per heavy atom. The van der Waals surface area contributed by atoms with E-state index in [0.717, 1.165) is 32.9 Å². The van der Waals surface area contributed by atoms with Gasteiger partial charge in [-0.05, 0) is 36.1 Å². The smallest absolute Gasteiger partial charge is 0.166 e. The Balaban J connectivity index is 1.93. The summed E-state index contributed by atoms with van der Waals surface area (Å²) in [7, 11) is -3.31. The van der Waals surface area contributed by atoms with Crippen LogP contribution in [0.4, 0.5) is 0 Å². The van der Waals surface area contributed by atoms with Crippen molar-refractivity contribution in [2.24, 2.45) is 0 Å². The first kappa shape index (κ1) is 22.2. The molecular weight excluding hydrogens is 413 g/mol. The van der Waals surface area contributed by atoms with Crippen LogP contribution in [0, 0.1) is 13.8 Å². The molecule has 4 aromatic rings. The lowest BCUT2D eigenvalue weighted by Gasteiger charge is -2.34. The first-order valence-electron chi connectivity index (χ1n) is 10.8. The average molecular weight is 442 g/mol. The first-order valence-corrected chi connectivity index (χ1v) is 12.6. The molecule has 0 radical (unpaired) electrons. The van der Waals surface area contributed by atoms with E-state index in [1.54, 1.807) is 0 Å². The van der Waals surface area contributed by atoms with Crippen LogP contribution in [0.3, 0.4) is 0 Å². The van der Waals surface area contributed by atoms with E-state index in [2.05, 4.69) is 6.92 Å². The molecule has 32 heavy (non-hydrogen) atoms. The van der Waals surface area contributed by atoms with Crippen LogP contribution >= 0.6 is 7.14 Å². The number of hydroxylamine groups is 2. The quantitative estimate of drug-likeness (QED) is 0.274. The summed E-state index contributed by atoms with van der Waals surface area (Å²) in [4.78, 5) is 0. The molecule has 0 amide bonds. The van der Waals surface area contributed by atoms with Crippen molar-refractivity contribution < 1.29 is 9.77 Å². The zero-order valence-corrected chi connectivity index (χ0v) is 19.3. The van der Waals surface area contributed by atoms with Crippen LogP contribution in [0.5, 0.6) is 0 Å². The summed E-state index contributed by atoms with van der Waals surface area (Å²) in [6.07, 6.45) is 0. The number of aryl methyl sites for hydroxylation is 2. The molecule has 0 aromatic heterocycles. The molecule has 0 fully saturated rings. The Morgan fingerprint density at radius 2 is 1.22 bits per heavy atom. The molecule has 3 nitrogen and oxygen atoms in total. The summed E-state index contributed by atoms with van der Waals surface area (Å²) in [6.45, 7) is 4.37. The maximum Gasteiger partial charge on any atom is 0.166 e. The van der Waals surface area contributed by atoms with Crippen LogP contribution in [0.2, 0.25) is 0 Å². The second-order valence-electron chi connectivity index (χ2n) is 8.13. The highest BCUT2D eigenvalue weighted by molar-refractivity contribution is 7.78. The number of benzene rings is 4. The lowest BCUT2D eigenvalue weighted by Crippen LogP contribution is -2.32. The third-order valence-electron chi connectivity index (χ3n) is 5.92. The second-order valence-corrected chi connectivity index (χ2v) is 11.0. The summed E-state index contributed by atoms with van der Waals surface area (Å²) in [5.41, 5.74) is 4.06. The predicted octanol–water partition coefficient (Wildman–Crippen LogP) is 6.21. The van der Waals surface area contributed by atoms with Gasteiger partial charge < -0.3 is 9.77 Å². The van der Waals surface area contributed by atoms with Gasteiger partial charge in [0, 0.05) is 10.6 Å². The van der Waals surface area contributed by atoms with Crippen LogP contribution in [0.15, 0.2) is 109 Å². The topological polar surface area (TPSA) is 40.5 Å². The fraction of sp³-hybridized carbons (Fsp3) is 0.143. The Hall–Kier alpha value is -2.97. The van der Waals surface area contributed by atoms with Gasteiger partial charge >= 0.3 is 0 Å². The van der Waals surface area contributed by atoms with Crippen molar-refractivity contribution in [3.05, 3.63) is 131 Å². The van der Waals surface area contributed by atoms with E-state index in [0.29, 0.717) is 0 Å². The molecule has 0 spiro atoms. The molecule has 0 saturated heterocycles. The summed E-state index contributed by atoms with van der Waals surface area (Å²) in [5.74, 6) is -0.730. The maximum atomic E-state index is 15.1. The zero-order chi connectivity index (χ0) is 22.6. The molecule has 0 aliphatic carbocycles. The van der Waals surface area contributed by atoms with Crippen molar-refractivity contribution >= 4 is 17.8 Å². The molecular formula is C28H28NO2P. The minimum Gasteiger partial charge on any atom is -0.313 e. The van der Waals surface area contributed by atoms with Gasteiger partial charge in [-0.15, -0.1) is 0 Å². The van der Waals surface area contributed by atoms with Crippen LogP contribution in [0.1, 0.15) is 28.0 Å². The van der Waals surface area contributed by atoms with Gasteiger partial charge in [0.25, 0.3) is 0 Å². The van der Waals surface area contributed by atoms with Crippen LogP contribution in [-0.4, -0.2) is 10.3 Å². The summed E-state index contributed by atoms with van der Waals surface area (Å²) >= 11 is 0. The molecule has 162 valence electrons. The Bertz CT molecular complexity index is 1170. The van der Waals surface area contributed by atoms with Crippen LogP contribution in [-0.2, 0) is 11.1 Å². The molecule has 1 atom stereocenters. The van der Waals surface area contributed by atoms with Gasteiger partial charge in [-0.1, -0.05) is 109 Å². The highest BCUT2D eigenvalue weighted by Crippen LogP contribution is 2.58. The van der Waals surface area contributed by atoms with E-state index in [4.69, 9.17) is 0 Å². The van der Waals surface area contributed by atoms with Crippen molar-refractivity contribution in [3.8, 4) is 0 Å². The third-order valence-corrected chi connectivity index (χ3v) is 9.31. The van der Waals surface area contributed by atoms with Crippen molar-refractivity contribution in [1.29, 1.82) is 0 Å². The standard InChI is InChI=1S/C28H28NO2P/c1-22-18-19-25(20-23(22)2)28(29(30)21-24-12-6-3-7-13-24)32(31,26-14-8-4-9-15-26)27-16-10-5-11-17-27/h3-20,28,30H,21H2,1-2H3. The lowest BCUT2D eigenvalue weighted by atomic mass is 10.1. The number of rotatable bonds is 7. The van der Waals surface area contributed by atoms with Gasteiger partial charge in [0.05, 0.1) is 6.54 Å². The Kier molecular flexibility index (Phi) is 6.72. The van der Waals surface area contributed by atoms with Gasteiger partial charge in [0.15, 0.2) is 7.14 Å². The molecule has 1 N–H and O–H groups in total. The number of hydrogen-bond donors (Lipinski definition) is 1. The zero-order valence-electron chi connectivity index (χ0n) is 18.4. The van der Waals surface area contributed by atoms with Crippen molar-refractivity contribution in [3.63, 3.8) is 0 Å². The second kappa shape index (κ2) is 9.67. The minimum absolute atomic E-state index is 0.266. The lowest BCUT2D eigenvalue weighted by molar-refractivity contribution is -0.114. The Labute approximate surface area is 190 Å². The molecule has 0 heterocycles. The summed E-state index contributed by atoms with van der Waals surface area (Å²) in [5, 5.41) is 14.2. The van der Waals surface area contributed by atoms with E-state index in [1.165, 1.54) is 5.06 Å². The van der Waals surface area contributed by atoms with E-state index in [1.807, 2.05) is 116 Å². The Morgan fingerprint density at radius 3 is 1.72 bits per heavy atom. The summed E-state index contributed by atoms with van der Waals surface area (Å²) in [6, 6.07) is 34.9. The normalized spacial score (nSPS) is 12.6. The predicted molar refractivity (Wildman–Crippen MR) is 132 cm³/mol. The van der Waals surface area contributed by atoms with Crippen molar-refractivity contribution in [2.45, 2.75) is 26.2 Å². The van der Waals surface area contributed by atoms with E-state index < -0.39 is 12.9 Å².